The second-order valence-corrected chi connectivity index (χ2v) is 2.49. The minimum absolute atomic E-state index is 0. The van der Waals surface area contributed by atoms with Crippen molar-refractivity contribution in [2.75, 3.05) is 0 Å². The minimum atomic E-state index is 0. The van der Waals surface area contributed by atoms with Crippen molar-refractivity contribution in [3.8, 4) is 5.75 Å². The van der Waals surface area contributed by atoms with Crippen LogP contribution >= 0.6 is 0 Å². The monoisotopic (exact) mass is 188 g/mol. The SMILES string of the molecule is C.Oc1ccccc1.c1ccccc1. The first-order valence-corrected chi connectivity index (χ1v) is 4.13. The highest BCUT2D eigenvalue weighted by molar-refractivity contribution is 5.18. The third-order valence-corrected chi connectivity index (χ3v) is 1.42. The molecule has 1 N–H and O–H groups in total. The van der Waals surface area contributed by atoms with Crippen LogP contribution in [0.15, 0.2) is 66.7 Å². The highest BCUT2D eigenvalue weighted by atomic mass is 16.3. The number of hydrogen-bond donors (Lipinski definition) is 1. The lowest BCUT2D eigenvalue weighted by Crippen LogP contribution is -1.56. The fraction of sp³-hybridized carbons (Fsp3) is 0.0769. The van der Waals surface area contributed by atoms with E-state index < -0.39 is 0 Å². The van der Waals surface area contributed by atoms with Crippen LogP contribution in [-0.2, 0) is 0 Å². The van der Waals surface area contributed by atoms with Crippen LogP contribution in [0.5, 0.6) is 5.75 Å². The van der Waals surface area contributed by atoms with Gasteiger partial charge in [-0.25, -0.2) is 0 Å². The van der Waals surface area contributed by atoms with Gasteiger partial charge in [0.05, 0.1) is 0 Å². The number of aromatic hydroxyl groups is 1. The quantitative estimate of drug-likeness (QED) is 0.668. The van der Waals surface area contributed by atoms with E-state index in [2.05, 4.69) is 0 Å². The van der Waals surface area contributed by atoms with Gasteiger partial charge in [-0.05, 0) is 12.1 Å². The number of benzene rings is 2. The van der Waals surface area contributed by atoms with E-state index in [0.717, 1.165) is 0 Å². The van der Waals surface area contributed by atoms with Crippen LogP contribution < -0.4 is 0 Å². The second-order valence-electron chi connectivity index (χ2n) is 2.49. The Hall–Kier alpha value is -1.76. The van der Waals surface area contributed by atoms with E-state index in [9.17, 15) is 0 Å². The molecule has 0 aliphatic heterocycles. The van der Waals surface area contributed by atoms with Crippen LogP contribution in [0.25, 0.3) is 0 Å². The van der Waals surface area contributed by atoms with Gasteiger partial charge in [-0.15, -0.1) is 0 Å². The zero-order valence-electron chi connectivity index (χ0n) is 7.30. The molecular formula is C13H16O. The molecule has 0 unspecified atom stereocenters. The van der Waals surface area contributed by atoms with Gasteiger partial charge in [-0.2, -0.15) is 0 Å². The molecular weight excluding hydrogens is 172 g/mol. The maximum atomic E-state index is 8.63. The molecule has 0 saturated carbocycles. The van der Waals surface area contributed by atoms with Crippen molar-refractivity contribution < 1.29 is 5.11 Å². The van der Waals surface area contributed by atoms with Gasteiger partial charge in [0.1, 0.15) is 5.75 Å². The van der Waals surface area contributed by atoms with Crippen LogP contribution in [0, 0.1) is 0 Å². The summed E-state index contributed by atoms with van der Waals surface area (Å²) in [6.07, 6.45) is 0. The normalized spacial score (nSPS) is 7.71. The Kier molecular flexibility index (Phi) is 6.88. The van der Waals surface area contributed by atoms with Gasteiger partial charge in [-0.1, -0.05) is 62.0 Å². The lowest BCUT2D eigenvalue weighted by molar-refractivity contribution is 0.475. The summed E-state index contributed by atoms with van der Waals surface area (Å²) in [5.41, 5.74) is 0. The number of phenolic OH excluding ortho intramolecular Hbond substituents is 1. The fourth-order valence-corrected chi connectivity index (χ4v) is 0.813. The predicted octanol–water partition coefficient (Wildman–Crippen LogP) is 3.71. The summed E-state index contributed by atoms with van der Waals surface area (Å²) < 4.78 is 0. The molecule has 0 aliphatic carbocycles. The molecule has 0 fully saturated rings. The topological polar surface area (TPSA) is 20.2 Å². The summed E-state index contributed by atoms with van der Waals surface area (Å²) in [5, 5.41) is 8.63. The first-order valence-electron chi connectivity index (χ1n) is 4.13. The average molecular weight is 188 g/mol. The van der Waals surface area contributed by atoms with Crippen molar-refractivity contribution in [2.45, 2.75) is 7.43 Å². The van der Waals surface area contributed by atoms with Crippen LogP contribution in [0.3, 0.4) is 0 Å². The first kappa shape index (κ1) is 12.2. The molecule has 14 heavy (non-hydrogen) atoms. The molecule has 0 heterocycles. The van der Waals surface area contributed by atoms with Crippen molar-refractivity contribution in [2.24, 2.45) is 0 Å². The van der Waals surface area contributed by atoms with E-state index in [1.165, 1.54) is 0 Å². The highest BCUT2D eigenvalue weighted by Crippen LogP contribution is 2.02. The van der Waals surface area contributed by atoms with Gasteiger partial charge in [0.15, 0.2) is 0 Å². The van der Waals surface area contributed by atoms with Crippen molar-refractivity contribution in [1.29, 1.82) is 0 Å². The molecule has 0 radical (unpaired) electrons. The maximum absolute atomic E-state index is 8.63. The Morgan fingerprint density at radius 2 is 0.857 bits per heavy atom. The van der Waals surface area contributed by atoms with Crippen molar-refractivity contribution in [1.82, 2.24) is 0 Å². The first-order chi connectivity index (χ1) is 6.39. The molecule has 1 heteroatoms. The second kappa shape index (κ2) is 7.87. The van der Waals surface area contributed by atoms with Crippen LogP contribution in [0.2, 0.25) is 0 Å². The number of hydrogen-bond acceptors (Lipinski definition) is 1. The molecule has 0 atom stereocenters. The molecule has 2 aromatic rings. The summed E-state index contributed by atoms with van der Waals surface area (Å²) in [5.74, 6) is 0.322. The van der Waals surface area contributed by atoms with Crippen LogP contribution in [0.4, 0.5) is 0 Å². The Labute approximate surface area is 85.7 Å². The predicted molar refractivity (Wildman–Crippen MR) is 61.3 cm³/mol. The van der Waals surface area contributed by atoms with Crippen LogP contribution in [-0.4, -0.2) is 5.11 Å². The summed E-state index contributed by atoms with van der Waals surface area (Å²) in [4.78, 5) is 0. The summed E-state index contributed by atoms with van der Waals surface area (Å²) in [7, 11) is 0. The summed E-state index contributed by atoms with van der Waals surface area (Å²) in [6.45, 7) is 0. The number of phenols is 1. The largest absolute Gasteiger partial charge is 0.508 e. The Bertz CT molecular complexity index is 276. The lowest BCUT2D eigenvalue weighted by atomic mass is 10.3. The average Bonchev–Trinajstić information content (AvgIpc) is 2.22. The Morgan fingerprint density at radius 1 is 0.571 bits per heavy atom. The standard InChI is InChI=1S/C6H6O.C6H6.CH4/c7-6-4-2-1-3-5-6;1-2-4-6-5-3-1;/h1-5,7H;1-6H;1H4. The molecule has 74 valence electrons. The van der Waals surface area contributed by atoms with Gasteiger partial charge in [0, 0.05) is 0 Å². The highest BCUT2D eigenvalue weighted by Gasteiger charge is 1.74. The van der Waals surface area contributed by atoms with E-state index in [1.54, 1.807) is 24.3 Å². The molecule has 2 aromatic carbocycles. The van der Waals surface area contributed by atoms with Gasteiger partial charge < -0.3 is 5.11 Å². The van der Waals surface area contributed by atoms with E-state index in [1.807, 2.05) is 42.5 Å². The van der Waals surface area contributed by atoms with E-state index >= 15 is 0 Å². The lowest BCUT2D eigenvalue weighted by Gasteiger charge is -1.82. The number of para-hydroxylation sites is 1. The summed E-state index contributed by atoms with van der Waals surface area (Å²) >= 11 is 0. The van der Waals surface area contributed by atoms with Crippen molar-refractivity contribution in [3.63, 3.8) is 0 Å². The van der Waals surface area contributed by atoms with E-state index in [0.29, 0.717) is 5.75 Å². The third-order valence-electron chi connectivity index (χ3n) is 1.42. The molecule has 2 rings (SSSR count). The van der Waals surface area contributed by atoms with Gasteiger partial charge in [0.2, 0.25) is 0 Å². The van der Waals surface area contributed by atoms with Crippen molar-refractivity contribution >= 4 is 0 Å². The zero-order valence-corrected chi connectivity index (χ0v) is 7.30. The minimum Gasteiger partial charge on any atom is -0.508 e. The van der Waals surface area contributed by atoms with Gasteiger partial charge in [-0.3, -0.25) is 0 Å². The maximum Gasteiger partial charge on any atom is 0.115 e. The molecule has 0 bridgehead atoms. The molecule has 0 aliphatic rings. The molecule has 0 aromatic heterocycles. The smallest absolute Gasteiger partial charge is 0.115 e. The zero-order chi connectivity index (χ0) is 9.36. The molecule has 0 saturated heterocycles. The summed E-state index contributed by atoms with van der Waals surface area (Å²) in [6, 6.07) is 20.7. The Balaban J connectivity index is 0.000000227. The van der Waals surface area contributed by atoms with Crippen LogP contribution in [0.1, 0.15) is 7.43 Å². The van der Waals surface area contributed by atoms with E-state index in [4.69, 9.17) is 5.11 Å². The Morgan fingerprint density at radius 3 is 1.07 bits per heavy atom. The number of rotatable bonds is 0. The van der Waals surface area contributed by atoms with Crippen molar-refractivity contribution in [3.05, 3.63) is 66.7 Å². The molecule has 0 amide bonds. The van der Waals surface area contributed by atoms with E-state index in [-0.39, 0.29) is 7.43 Å². The molecule has 0 spiro atoms. The molecule has 1 nitrogen and oxygen atoms in total. The fourth-order valence-electron chi connectivity index (χ4n) is 0.813. The van der Waals surface area contributed by atoms with Gasteiger partial charge in [0.25, 0.3) is 0 Å². The third kappa shape index (κ3) is 5.84. The van der Waals surface area contributed by atoms with Gasteiger partial charge >= 0.3 is 0 Å².